The number of benzene rings is 1. The van der Waals surface area contributed by atoms with Crippen LogP contribution in [0.5, 0.6) is 0 Å². The Morgan fingerprint density at radius 3 is 2.58 bits per heavy atom. The third-order valence-electron chi connectivity index (χ3n) is 4.78. The number of halogens is 2. The molecule has 0 saturated carbocycles. The van der Waals surface area contributed by atoms with E-state index in [-0.39, 0.29) is 29.6 Å². The van der Waals surface area contributed by atoms with Gasteiger partial charge in [0.2, 0.25) is 11.8 Å². The van der Waals surface area contributed by atoms with E-state index in [0.29, 0.717) is 46.8 Å². The van der Waals surface area contributed by atoms with Crippen LogP contribution in [0.4, 0.5) is 23.3 Å². The first-order valence-corrected chi connectivity index (χ1v) is 11.4. The molecule has 14 heteroatoms. The van der Waals surface area contributed by atoms with Crippen molar-refractivity contribution in [3.8, 4) is 11.3 Å². The van der Waals surface area contributed by atoms with Crippen molar-refractivity contribution in [1.29, 1.82) is 0 Å². The molecule has 12 nitrogen and oxygen atoms in total. The molecule has 0 saturated heterocycles. The largest absolute Gasteiger partial charge is 0.461 e. The fourth-order valence-corrected chi connectivity index (χ4v) is 3.49. The van der Waals surface area contributed by atoms with Gasteiger partial charge in [-0.25, -0.2) is 19.7 Å². The molecule has 0 aliphatic heterocycles. The van der Waals surface area contributed by atoms with E-state index in [1.54, 1.807) is 18.2 Å². The lowest BCUT2D eigenvalue weighted by molar-refractivity contribution is -0.384. The number of nitrogens with two attached hydrogens (primary N) is 1. The molecule has 190 valence electrons. The molecule has 4 N–H and O–H groups in total. The van der Waals surface area contributed by atoms with Crippen LogP contribution in [0.3, 0.4) is 0 Å². The minimum Gasteiger partial charge on any atom is -0.461 e. The monoisotopic (exact) mass is 534 g/mol. The molecule has 0 atom stereocenters. The molecule has 1 aromatic carbocycles. The van der Waals surface area contributed by atoms with Crippen molar-refractivity contribution in [2.75, 3.05) is 56.7 Å². The maximum atomic E-state index is 12.7. The van der Waals surface area contributed by atoms with Crippen LogP contribution in [0, 0.1) is 10.1 Å². The fourth-order valence-electron chi connectivity index (χ4n) is 2.99. The number of esters is 1. The topological polar surface area (TPSA) is 161 Å². The second kappa shape index (κ2) is 12.3. The van der Waals surface area contributed by atoms with Gasteiger partial charge in [-0.05, 0) is 38.4 Å². The van der Waals surface area contributed by atoms with Gasteiger partial charge in [0.05, 0.1) is 15.6 Å². The maximum Gasteiger partial charge on any atom is 0.341 e. The van der Waals surface area contributed by atoms with Crippen LogP contribution in [0.1, 0.15) is 10.4 Å². The summed E-state index contributed by atoms with van der Waals surface area (Å²) in [5.74, 6) is -0.129. The summed E-state index contributed by atoms with van der Waals surface area (Å²) in [6.45, 7) is 1.50. The highest BCUT2D eigenvalue weighted by Gasteiger charge is 2.20. The standard InChI is InChI=1S/C22H24Cl2N8O4/c1-31(2)9-10-36-21(33)15-12-28-22(30-19(15)14-4-3-13(23)11-16(14)24)27-8-7-26-18-6-5-17(32(34)35)20(25)29-18/h3-6,11-12H,7-10H2,1-2H3,(H3,25,26,29)(H,27,28,30). The summed E-state index contributed by atoms with van der Waals surface area (Å²) in [5, 5.41) is 17.7. The number of nitro groups is 1. The van der Waals surface area contributed by atoms with Crippen molar-refractivity contribution in [3.63, 3.8) is 0 Å². The van der Waals surface area contributed by atoms with Gasteiger partial charge in [-0.1, -0.05) is 23.2 Å². The van der Waals surface area contributed by atoms with Crippen molar-refractivity contribution >= 4 is 52.4 Å². The smallest absolute Gasteiger partial charge is 0.341 e. The van der Waals surface area contributed by atoms with Gasteiger partial charge in [0, 0.05) is 42.5 Å². The predicted octanol–water partition coefficient (Wildman–Crippen LogP) is 3.58. The van der Waals surface area contributed by atoms with Crippen molar-refractivity contribution in [2.45, 2.75) is 0 Å². The third kappa shape index (κ3) is 7.13. The van der Waals surface area contributed by atoms with Gasteiger partial charge in [0.25, 0.3) is 0 Å². The number of hydrogen-bond donors (Lipinski definition) is 3. The highest BCUT2D eigenvalue weighted by atomic mass is 35.5. The zero-order valence-electron chi connectivity index (χ0n) is 19.5. The van der Waals surface area contributed by atoms with Crippen LogP contribution in [0.15, 0.2) is 36.5 Å². The van der Waals surface area contributed by atoms with Gasteiger partial charge in [0.15, 0.2) is 0 Å². The third-order valence-corrected chi connectivity index (χ3v) is 5.33. The van der Waals surface area contributed by atoms with E-state index in [1.165, 1.54) is 18.3 Å². The van der Waals surface area contributed by atoms with Gasteiger partial charge >= 0.3 is 11.7 Å². The van der Waals surface area contributed by atoms with E-state index >= 15 is 0 Å². The Hall–Kier alpha value is -3.74. The summed E-state index contributed by atoms with van der Waals surface area (Å²) in [6.07, 6.45) is 1.37. The molecular weight excluding hydrogens is 511 g/mol. The molecule has 2 heterocycles. The van der Waals surface area contributed by atoms with Gasteiger partial charge in [-0.3, -0.25) is 10.1 Å². The Labute approximate surface area is 216 Å². The minimum atomic E-state index is -0.600. The van der Waals surface area contributed by atoms with Gasteiger partial charge in [-0.2, -0.15) is 0 Å². The van der Waals surface area contributed by atoms with Crippen LogP contribution in [0.2, 0.25) is 10.0 Å². The molecule has 3 aromatic rings. The normalized spacial score (nSPS) is 10.8. The number of anilines is 3. The summed E-state index contributed by atoms with van der Waals surface area (Å²) < 4.78 is 5.37. The van der Waals surface area contributed by atoms with E-state index in [9.17, 15) is 14.9 Å². The van der Waals surface area contributed by atoms with Crippen molar-refractivity contribution in [1.82, 2.24) is 19.9 Å². The Balaban J connectivity index is 1.73. The second-order valence-corrected chi connectivity index (χ2v) is 8.57. The summed E-state index contributed by atoms with van der Waals surface area (Å²) in [5.41, 5.74) is 6.29. The lowest BCUT2D eigenvalue weighted by Gasteiger charge is -2.14. The molecule has 0 amide bonds. The number of carbonyl (C=O) groups excluding carboxylic acids is 1. The number of pyridine rings is 1. The van der Waals surface area contributed by atoms with E-state index in [4.69, 9.17) is 33.7 Å². The maximum absolute atomic E-state index is 12.7. The van der Waals surface area contributed by atoms with E-state index in [2.05, 4.69) is 25.6 Å². The number of ether oxygens (including phenoxy) is 1. The number of carbonyl (C=O) groups is 1. The number of likely N-dealkylation sites (N-methyl/N-ethyl adjacent to an activating group) is 1. The molecule has 0 bridgehead atoms. The number of aromatic nitrogens is 3. The first-order valence-electron chi connectivity index (χ1n) is 10.7. The van der Waals surface area contributed by atoms with Crippen LogP contribution < -0.4 is 16.4 Å². The number of nitrogen functional groups attached to an aromatic ring is 1. The van der Waals surface area contributed by atoms with Gasteiger partial charge < -0.3 is 26.0 Å². The minimum absolute atomic E-state index is 0.159. The molecule has 0 unspecified atom stereocenters. The van der Waals surface area contributed by atoms with E-state index in [0.717, 1.165) is 0 Å². The zero-order valence-corrected chi connectivity index (χ0v) is 21.0. The number of nitrogens with zero attached hydrogens (tertiary/aromatic N) is 5. The summed E-state index contributed by atoms with van der Waals surface area (Å²) >= 11 is 12.4. The molecule has 2 aromatic heterocycles. The van der Waals surface area contributed by atoms with E-state index < -0.39 is 10.9 Å². The zero-order chi connectivity index (χ0) is 26.2. The molecule has 0 radical (unpaired) electrons. The molecule has 36 heavy (non-hydrogen) atoms. The highest BCUT2D eigenvalue weighted by molar-refractivity contribution is 6.36. The molecule has 0 spiro atoms. The summed E-state index contributed by atoms with van der Waals surface area (Å²) in [4.78, 5) is 37.6. The number of nitrogens with one attached hydrogen (secondary N) is 2. The molecule has 0 fully saturated rings. The fraction of sp³-hybridized carbons (Fsp3) is 0.273. The van der Waals surface area contributed by atoms with Crippen LogP contribution in [-0.2, 0) is 4.74 Å². The molecular formula is C22H24Cl2N8O4. The Morgan fingerprint density at radius 2 is 1.92 bits per heavy atom. The first kappa shape index (κ1) is 26.9. The summed E-state index contributed by atoms with van der Waals surface area (Å²) in [7, 11) is 3.75. The van der Waals surface area contributed by atoms with Crippen LogP contribution >= 0.6 is 23.2 Å². The Bertz CT molecular complexity index is 1260. The van der Waals surface area contributed by atoms with Crippen molar-refractivity contribution in [3.05, 3.63) is 62.3 Å². The predicted molar refractivity (Wildman–Crippen MR) is 139 cm³/mol. The average Bonchev–Trinajstić information content (AvgIpc) is 2.81. The van der Waals surface area contributed by atoms with Crippen LogP contribution in [0.25, 0.3) is 11.3 Å². The Kier molecular flexibility index (Phi) is 9.17. The van der Waals surface area contributed by atoms with E-state index in [1.807, 2.05) is 19.0 Å². The molecule has 0 aliphatic rings. The van der Waals surface area contributed by atoms with Crippen molar-refractivity contribution < 1.29 is 14.5 Å². The lowest BCUT2D eigenvalue weighted by Crippen LogP contribution is -2.21. The summed E-state index contributed by atoms with van der Waals surface area (Å²) in [6, 6.07) is 7.61. The quantitative estimate of drug-likeness (QED) is 0.142. The SMILES string of the molecule is CN(C)CCOC(=O)c1cnc(NCCNc2ccc([N+](=O)[O-])c(N)n2)nc1-c1ccc(Cl)cc1Cl. The van der Waals surface area contributed by atoms with Crippen molar-refractivity contribution in [2.24, 2.45) is 0 Å². The first-order chi connectivity index (χ1) is 17.2. The average molecular weight is 535 g/mol. The van der Waals surface area contributed by atoms with Gasteiger partial charge in [0.1, 0.15) is 18.0 Å². The highest BCUT2D eigenvalue weighted by Crippen LogP contribution is 2.32. The Morgan fingerprint density at radius 1 is 1.17 bits per heavy atom. The molecule has 3 rings (SSSR count). The van der Waals surface area contributed by atoms with Crippen LogP contribution in [-0.4, -0.2) is 71.1 Å². The lowest BCUT2D eigenvalue weighted by atomic mass is 10.1. The number of hydrogen-bond acceptors (Lipinski definition) is 11. The number of rotatable bonds is 11. The van der Waals surface area contributed by atoms with Gasteiger partial charge in [-0.15, -0.1) is 0 Å². The second-order valence-electron chi connectivity index (χ2n) is 7.73. The molecule has 0 aliphatic carbocycles.